The third-order valence-electron chi connectivity index (χ3n) is 2.00. The van der Waals surface area contributed by atoms with Crippen molar-refractivity contribution in [3.63, 3.8) is 0 Å². The molecule has 0 fully saturated rings. The first-order chi connectivity index (χ1) is 7.11. The fourth-order valence-electron chi connectivity index (χ4n) is 1.37. The number of benzene rings is 1. The summed E-state index contributed by atoms with van der Waals surface area (Å²) >= 11 is 0. The molecule has 1 aromatic carbocycles. The van der Waals surface area contributed by atoms with Crippen molar-refractivity contribution < 1.29 is 14.6 Å². The minimum Gasteiger partial charge on any atom is -0.493 e. The molecule has 0 aromatic heterocycles. The second-order valence-corrected chi connectivity index (χ2v) is 3.12. The standard InChI is InChI=1S/C9H11NO.CH3NO2/c10-8-5-6-11-9-4-2-1-3-7(8)9;2-1(3)4/h1-4,8H,5-6,10H2;2H2,(H,3,4). The lowest BCUT2D eigenvalue weighted by Crippen LogP contribution is -2.20. The summed E-state index contributed by atoms with van der Waals surface area (Å²) in [5.41, 5.74) is 11.0. The molecule has 1 atom stereocenters. The number of primary amides is 1. The lowest BCUT2D eigenvalue weighted by atomic mass is 10.0. The molecule has 0 saturated carbocycles. The normalized spacial score (nSPS) is 17.8. The highest BCUT2D eigenvalue weighted by Crippen LogP contribution is 2.29. The second-order valence-electron chi connectivity index (χ2n) is 3.12. The van der Waals surface area contributed by atoms with Crippen LogP contribution in [0.4, 0.5) is 4.79 Å². The summed E-state index contributed by atoms with van der Waals surface area (Å²) in [6.07, 6.45) is -0.406. The Bertz CT molecular complexity index is 337. The number of ether oxygens (including phenoxy) is 1. The van der Waals surface area contributed by atoms with Crippen LogP contribution in [0, 0.1) is 0 Å². The van der Waals surface area contributed by atoms with Crippen LogP contribution in [-0.2, 0) is 0 Å². The Morgan fingerprint density at radius 3 is 2.67 bits per heavy atom. The Balaban J connectivity index is 0.000000245. The van der Waals surface area contributed by atoms with Crippen molar-refractivity contribution >= 4 is 6.09 Å². The Labute approximate surface area is 87.6 Å². The number of rotatable bonds is 0. The van der Waals surface area contributed by atoms with E-state index < -0.39 is 6.09 Å². The van der Waals surface area contributed by atoms with Gasteiger partial charge in [0.25, 0.3) is 0 Å². The van der Waals surface area contributed by atoms with Gasteiger partial charge in [-0.3, -0.25) is 0 Å². The van der Waals surface area contributed by atoms with E-state index in [1.807, 2.05) is 24.3 Å². The maximum Gasteiger partial charge on any atom is 0.402 e. The summed E-state index contributed by atoms with van der Waals surface area (Å²) < 4.78 is 5.41. The molecule has 5 nitrogen and oxygen atoms in total. The SMILES string of the molecule is NC(=O)O.NC1CCOc2ccccc21. The van der Waals surface area contributed by atoms with Crippen molar-refractivity contribution in [2.75, 3.05) is 6.61 Å². The van der Waals surface area contributed by atoms with Gasteiger partial charge in [0.1, 0.15) is 5.75 Å². The van der Waals surface area contributed by atoms with Gasteiger partial charge >= 0.3 is 6.09 Å². The van der Waals surface area contributed by atoms with E-state index in [1.54, 1.807) is 0 Å². The number of para-hydroxylation sites is 1. The van der Waals surface area contributed by atoms with Crippen molar-refractivity contribution in [3.8, 4) is 5.75 Å². The molecule has 1 aromatic rings. The van der Waals surface area contributed by atoms with Crippen molar-refractivity contribution in [1.29, 1.82) is 0 Å². The van der Waals surface area contributed by atoms with Crippen molar-refractivity contribution in [1.82, 2.24) is 0 Å². The van der Waals surface area contributed by atoms with E-state index in [-0.39, 0.29) is 6.04 Å². The highest BCUT2D eigenvalue weighted by atomic mass is 16.5. The fourth-order valence-corrected chi connectivity index (χ4v) is 1.37. The third kappa shape index (κ3) is 3.47. The number of nitrogens with two attached hydrogens (primary N) is 2. The van der Waals surface area contributed by atoms with Gasteiger partial charge in [-0.1, -0.05) is 18.2 Å². The van der Waals surface area contributed by atoms with Gasteiger partial charge in [-0.05, 0) is 6.07 Å². The summed E-state index contributed by atoms with van der Waals surface area (Å²) in [6.45, 7) is 0.748. The van der Waals surface area contributed by atoms with Crippen molar-refractivity contribution in [2.24, 2.45) is 11.5 Å². The molecule has 0 radical (unpaired) electrons. The van der Waals surface area contributed by atoms with Crippen LogP contribution < -0.4 is 16.2 Å². The number of hydrogen-bond acceptors (Lipinski definition) is 3. The molecule has 5 N–H and O–H groups in total. The minimum absolute atomic E-state index is 0.167. The molecule has 0 spiro atoms. The van der Waals surface area contributed by atoms with E-state index in [9.17, 15) is 0 Å². The number of hydrogen-bond donors (Lipinski definition) is 3. The molecule has 0 aliphatic carbocycles. The maximum absolute atomic E-state index is 8.78. The quantitative estimate of drug-likeness (QED) is 0.597. The molecule has 82 valence electrons. The average molecular weight is 210 g/mol. The van der Waals surface area contributed by atoms with Gasteiger partial charge in [0.2, 0.25) is 0 Å². The van der Waals surface area contributed by atoms with Gasteiger partial charge < -0.3 is 21.3 Å². The first kappa shape index (κ1) is 11.3. The van der Waals surface area contributed by atoms with E-state index in [0.29, 0.717) is 0 Å². The number of carboxylic acid groups (broad SMARTS) is 1. The highest BCUT2D eigenvalue weighted by molar-refractivity contribution is 5.61. The van der Waals surface area contributed by atoms with E-state index in [2.05, 4.69) is 5.73 Å². The lowest BCUT2D eigenvalue weighted by Gasteiger charge is -2.22. The van der Waals surface area contributed by atoms with Crippen LogP contribution in [0.25, 0.3) is 0 Å². The lowest BCUT2D eigenvalue weighted by molar-refractivity contribution is 0.205. The molecule has 1 heterocycles. The van der Waals surface area contributed by atoms with Crippen LogP contribution in [0.1, 0.15) is 18.0 Å². The molecule has 2 rings (SSSR count). The monoisotopic (exact) mass is 210 g/mol. The molecule has 1 amide bonds. The summed E-state index contributed by atoms with van der Waals surface area (Å²) in [4.78, 5) is 8.78. The molecule has 0 bridgehead atoms. The Hall–Kier alpha value is -1.75. The highest BCUT2D eigenvalue weighted by Gasteiger charge is 2.16. The summed E-state index contributed by atoms with van der Waals surface area (Å²) in [7, 11) is 0. The zero-order chi connectivity index (χ0) is 11.3. The molecule has 15 heavy (non-hydrogen) atoms. The number of carbonyl (C=O) groups is 1. The fraction of sp³-hybridized carbons (Fsp3) is 0.300. The van der Waals surface area contributed by atoms with Crippen LogP contribution in [0.5, 0.6) is 5.75 Å². The summed E-state index contributed by atoms with van der Waals surface area (Å²) in [5.74, 6) is 0.950. The second kappa shape index (κ2) is 5.21. The predicted molar refractivity (Wildman–Crippen MR) is 55.7 cm³/mol. The number of amides is 1. The average Bonchev–Trinajstić information content (AvgIpc) is 2.18. The van der Waals surface area contributed by atoms with Gasteiger partial charge in [-0.25, -0.2) is 4.79 Å². The Kier molecular flexibility index (Phi) is 3.93. The third-order valence-corrected chi connectivity index (χ3v) is 2.00. The van der Waals surface area contributed by atoms with Gasteiger partial charge in [0.05, 0.1) is 6.61 Å². The Morgan fingerprint density at radius 2 is 2.07 bits per heavy atom. The largest absolute Gasteiger partial charge is 0.493 e. The van der Waals surface area contributed by atoms with Gasteiger partial charge in [-0.2, -0.15) is 0 Å². The molecule has 0 saturated heterocycles. The van der Waals surface area contributed by atoms with Crippen LogP contribution in [0.2, 0.25) is 0 Å². The molecule has 5 heteroatoms. The predicted octanol–water partition coefficient (Wildman–Crippen LogP) is 1.09. The minimum atomic E-state index is -1.33. The molecular weight excluding hydrogens is 196 g/mol. The van der Waals surface area contributed by atoms with E-state index >= 15 is 0 Å². The topological polar surface area (TPSA) is 98.6 Å². The maximum atomic E-state index is 8.78. The smallest absolute Gasteiger partial charge is 0.402 e. The summed E-state index contributed by atoms with van der Waals surface area (Å²) in [6, 6.07) is 8.12. The zero-order valence-corrected chi connectivity index (χ0v) is 8.22. The number of fused-ring (bicyclic) bond motifs is 1. The van der Waals surface area contributed by atoms with Crippen LogP contribution >= 0.6 is 0 Å². The zero-order valence-electron chi connectivity index (χ0n) is 8.22. The van der Waals surface area contributed by atoms with E-state index in [0.717, 1.165) is 24.3 Å². The van der Waals surface area contributed by atoms with E-state index in [4.69, 9.17) is 20.4 Å². The van der Waals surface area contributed by atoms with Crippen LogP contribution in [0.15, 0.2) is 24.3 Å². The van der Waals surface area contributed by atoms with Crippen molar-refractivity contribution in [3.05, 3.63) is 29.8 Å². The first-order valence-corrected chi connectivity index (χ1v) is 4.57. The van der Waals surface area contributed by atoms with Crippen LogP contribution in [0.3, 0.4) is 0 Å². The van der Waals surface area contributed by atoms with Gasteiger partial charge in [-0.15, -0.1) is 0 Å². The molecular formula is C10H14N2O3. The molecule has 1 aliphatic rings. The van der Waals surface area contributed by atoms with Gasteiger partial charge in [0.15, 0.2) is 0 Å². The molecule has 1 unspecified atom stereocenters. The first-order valence-electron chi connectivity index (χ1n) is 4.57. The van der Waals surface area contributed by atoms with Crippen molar-refractivity contribution in [2.45, 2.75) is 12.5 Å². The summed E-state index contributed by atoms with van der Waals surface area (Å²) in [5, 5.41) is 7.19. The Morgan fingerprint density at radius 1 is 1.47 bits per heavy atom. The van der Waals surface area contributed by atoms with Crippen LogP contribution in [-0.4, -0.2) is 17.8 Å². The van der Waals surface area contributed by atoms with E-state index in [1.165, 1.54) is 0 Å². The molecule has 1 aliphatic heterocycles. The van der Waals surface area contributed by atoms with Gasteiger partial charge in [0, 0.05) is 18.0 Å².